The normalized spacial score (nSPS) is 27.2. The van der Waals surface area contributed by atoms with E-state index in [1.165, 1.54) is 6.92 Å². The van der Waals surface area contributed by atoms with Gasteiger partial charge in [0.2, 0.25) is 0 Å². The van der Waals surface area contributed by atoms with Crippen LogP contribution in [0.2, 0.25) is 0 Å². The number of carbonyl (C=O) groups is 1. The Bertz CT molecular complexity index is 200. The van der Waals surface area contributed by atoms with E-state index in [2.05, 4.69) is 0 Å². The van der Waals surface area contributed by atoms with Gasteiger partial charge in [-0.1, -0.05) is 6.08 Å². The molecule has 0 N–H and O–H groups in total. The number of hydrogen-bond acceptors (Lipinski definition) is 4. The Hall–Kier alpha value is -0.870. The Labute approximate surface area is 77.5 Å². The second-order valence-corrected chi connectivity index (χ2v) is 2.83. The summed E-state index contributed by atoms with van der Waals surface area (Å²) in [5.74, 6) is -0.285. The third kappa shape index (κ3) is 3.57. The molecule has 0 unspecified atom stereocenters. The molecule has 0 aromatic rings. The maximum atomic E-state index is 10.5. The van der Waals surface area contributed by atoms with Gasteiger partial charge in [-0.15, -0.1) is 0 Å². The Morgan fingerprint density at radius 1 is 1.69 bits per heavy atom. The SMILES string of the molecule is CO[C@@H]1C=CC[C@@H](COC(C)=O)O1. The molecule has 0 saturated carbocycles. The fraction of sp³-hybridized carbons (Fsp3) is 0.667. The summed E-state index contributed by atoms with van der Waals surface area (Å²) in [6.07, 6.45) is 4.16. The van der Waals surface area contributed by atoms with Crippen molar-refractivity contribution < 1.29 is 19.0 Å². The average Bonchev–Trinajstić information content (AvgIpc) is 2.15. The van der Waals surface area contributed by atoms with Crippen molar-refractivity contribution in [2.75, 3.05) is 13.7 Å². The highest BCUT2D eigenvalue weighted by atomic mass is 16.7. The minimum Gasteiger partial charge on any atom is -0.463 e. The summed E-state index contributed by atoms with van der Waals surface area (Å²) in [6.45, 7) is 1.67. The van der Waals surface area contributed by atoms with Gasteiger partial charge in [0.25, 0.3) is 0 Å². The van der Waals surface area contributed by atoms with Crippen LogP contribution in [-0.4, -0.2) is 32.1 Å². The number of rotatable bonds is 3. The Balaban J connectivity index is 2.28. The topological polar surface area (TPSA) is 44.8 Å². The lowest BCUT2D eigenvalue weighted by Crippen LogP contribution is -2.29. The quantitative estimate of drug-likeness (QED) is 0.484. The highest BCUT2D eigenvalue weighted by Crippen LogP contribution is 2.12. The van der Waals surface area contributed by atoms with Gasteiger partial charge >= 0.3 is 5.97 Å². The van der Waals surface area contributed by atoms with E-state index < -0.39 is 0 Å². The molecule has 0 saturated heterocycles. The Morgan fingerprint density at radius 3 is 3.08 bits per heavy atom. The fourth-order valence-corrected chi connectivity index (χ4v) is 1.08. The molecule has 1 rings (SSSR count). The molecule has 1 aliphatic rings. The lowest BCUT2D eigenvalue weighted by molar-refractivity contribution is -0.162. The summed E-state index contributed by atoms with van der Waals surface area (Å²) in [4.78, 5) is 10.5. The van der Waals surface area contributed by atoms with E-state index in [1.807, 2.05) is 12.2 Å². The average molecular weight is 186 g/mol. The molecule has 13 heavy (non-hydrogen) atoms. The van der Waals surface area contributed by atoms with E-state index >= 15 is 0 Å². The van der Waals surface area contributed by atoms with Crippen molar-refractivity contribution in [1.29, 1.82) is 0 Å². The Kier molecular flexibility index (Phi) is 3.92. The molecule has 0 aromatic heterocycles. The molecular formula is C9H14O4. The van der Waals surface area contributed by atoms with E-state index in [0.717, 1.165) is 6.42 Å². The molecule has 0 aliphatic carbocycles. The zero-order valence-corrected chi connectivity index (χ0v) is 7.86. The lowest BCUT2D eigenvalue weighted by atomic mass is 10.2. The van der Waals surface area contributed by atoms with Gasteiger partial charge in [-0.3, -0.25) is 4.79 Å². The number of esters is 1. The van der Waals surface area contributed by atoms with Crippen LogP contribution in [0.5, 0.6) is 0 Å². The van der Waals surface area contributed by atoms with Crippen LogP contribution in [0.25, 0.3) is 0 Å². The molecule has 0 spiro atoms. The molecule has 4 nitrogen and oxygen atoms in total. The van der Waals surface area contributed by atoms with Gasteiger partial charge in [-0.2, -0.15) is 0 Å². The lowest BCUT2D eigenvalue weighted by Gasteiger charge is -2.24. The number of methoxy groups -OCH3 is 1. The second-order valence-electron chi connectivity index (χ2n) is 2.83. The highest BCUT2D eigenvalue weighted by molar-refractivity contribution is 5.65. The van der Waals surface area contributed by atoms with Crippen molar-refractivity contribution in [1.82, 2.24) is 0 Å². The second kappa shape index (κ2) is 4.99. The van der Waals surface area contributed by atoms with Gasteiger partial charge in [0, 0.05) is 14.0 Å². The number of hydrogen-bond donors (Lipinski definition) is 0. The first kappa shape index (κ1) is 10.2. The Morgan fingerprint density at radius 2 is 2.46 bits per heavy atom. The monoisotopic (exact) mass is 186 g/mol. The van der Waals surface area contributed by atoms with E-state index in [1.54, 1.807) is 7.11 Å². The summed E-state index contributed by atoms with van der Waals surface area (Å²) in [5.41, 5.74) is 0. The van der Waals surface area contributed by atoms with E-state index in [9.17, 15) is 4.79 Å². The molecule has 4 heteroatoms. The molecular weight excluding hydrogens is 172 g/mol. The van der Waals surface area contributed by atoms with Gasteiger partial charge in [0.05, 0.1) is 6.10 Å². The van der Waals surface area contributed by atoms with Crippen molar-refractivity contribution >= 4 is 5.97 Å². The molecule has 0 radical (unpaired) electrons. The molecule has 1 heterocycles. The maximum Gasteiger partial charge on any atom is 0.302 e. The van der Waals surface area contributed by atoms with Crippen LogP contribution < -0.4 is 0 Å². The summed E-state index contributed by atoms with van der Waals surface area (Å²) in [7, 11) is 1.57. The predicted molar refractivity (Wildman–Crippen MR) is 46.1 cm³/mol. The van der Waals surface area contributed by atoms with Gasteiger partial charge < -0.3 is 14.2 Å². The molecule has 0 aromatic carbocycles. The summed E-state index contributed by atoms with van der Waals surface area (Å²) in [5, 5.41) is 0. The van der Waals surface area contributed by atoms with Crippen LogP contribution in [0.4, 0.5) is 0 Å². The van der Waals surface area contributed by atoms with Crippen LogP contribution in [0.15, 0.2) is 12.2 Å². The van der Waals surface area contributed by atoms with Crippen LogP contribution in [0, 0.1) is 0 Å². The van der Waals surface area contributed by atoms with Crippen molar-refractivity contribution in [2.45, 2.75) is 25.7 Å². The number of carbonyl (C=O) groups excluding carboxylic acids is 1. The van der Waals surface area contributed by atoms with Crippen molar-refractivity contribution in [3.8, 4) is 0 Å². The van der Waals surface area contributed by atoms with Crippen LogP contribution in [0.1, 0.15) is 13.3 Å². The first-order valence-electron chi connectivity index (χ1n) is 4.20. The van der Waals surface area contributed by atoms with E-state index in [4.69, 9.17) is 14.2 Å². The third-order valence-electron chi connectivity index (χ3n) is 1.72. The summed E-state index contributed by atoms with van der Waals surface area (Å²) >= 11 is 0. The zero-order chi connectivity index (χ0) is 9.68. The molecule has 1 aliphatic heterocycles. The largest absolute Gasteiger partial charge is 0.463 e. The standard InChI is InChI=1S/C9H14O4/c1-7(10)12-6-8-4-3-5-9(11-2)13-8/h3,5,8-9H,4,6H2,1-2H3/t8-,9-/m0/s1. The first-order valence-corrected chi connectivity index (χ1v) is 4.20. The fourth-order valence-electron chi connectivity index (χ4n) is 1.08. The molecule has 0 fully saturated rings. The molecule has 0 amide bonds. The zero-order valence-electron chi connectivity index (χ0n) is 7.86. The van der Waals surface area contributed by atoms with Crippen LogP contribution >= 0.6 is 0 Å². The molecule has 74 valence electrons. The van der Waals surface area contributed by atoms with E-state index in [0.29, 0.717) is 6.61 Å². The van der Waals surface area contributed by atoms with Gasteiger partial charge in [0.15, 0.2) is 6.29 Å². The first-order chi connectivity index (χ1) is 6.22. The van der Waals surface area contributed by atoms with Gasteiger partial charge in [0.1, 0.15) is 6.61 Å². The minimum atomic E-state index is -0.311. The van der Waals surface area contributed by atoms with E-state index in [-0.39, 0.29) is 18.4 Å². The van der Waals surface area contributed by atoms with Crippen LogP contribution in [-0.2, 0) is 19.0 Å². The highest BCUT2D eigenvalue weighted by Gasteiger charge is 2.18. The van der Waals surface area contributed by atoms with Crippen LogP contribution in [0.3, 0.4) is 0 Å². The molecule has 0 bridgehead atoms. The summed E-state index contributed by atoms with van der Waals surface area (Å²) < 4.78 is 15.2. The molecule has 2 atom stereocenters. The number of ether oxygens (including phenoxy) is 3. The van der Waals surface area contributed by atoms with Crippen molar-refractivity contribution in [2.24, 2.45) is 0 Å². The van der Waals surface area contributed by atoms with Crippen molar-refractivity contribution in [3.05, 3.63) is 12.2 Å². The van der Waals surface area contributed by atoms with Crippen molar-refractivity contribution in [3.63, 3.8) is 0 Å². The third-order valence-corrected chi connectivity index (χ3v) is 1.72. The summed E-state index contributed by atoms with van der Waals surface area (Å²) in [6, 6.07) is 0. The smallest absolute Gasteiger partial charge is 0.302 e. The van der Waals surface area contributed by atoms with Gasteiger partial charge in [-0.05, 0) is 12.5 Å². The minimum absolute atomic E-state index is 0.0844. The predicted octanol–water partition coefficient (Wildman–Crippen LogP) is 0.867. The van der Waals surface area contributed by atoms with Gasteiger partial charge in [-0.25, -0.2) is 0 Å². The maximum absolute atomic E-state index is 10.5.